The second kappa shape index (κ2) is 19.7. The third kappa shape index (κ3) is 13.0. The van der Waals surface area contributed by atoms with E-state index >= 15 is 0 Å². The maximum Gasteiger partial charge on any atom is 0.319 e. The van der Waals surface area contributed by atoms with Gasteiger partial charge in [-0.15, -0.1) is 6.42 Å². The van der Waals surface area contributed by atoms with Crippen molar-refractivity contribution in [2.24, 2.45) is 5.92 Å². The lowest BCUT2D eigenvalue weighted by molar-refractivity contribution is -0.134. The third-order valence-corrected chi connectivity index (χ3v) is 5.57. The molecule has 1 aromatic carbocycles. The molecule has 1 amide bonds. The number of carbonyl (C=O) groups excluding carboxylic acids is 3. The van der Waals surface area contributed by atoms with Gasteiger partial charge in [-0.2, -0.15) is 0 Å². The number of fused-ring (bicyclic) bond motifs is 1. The number of hydrogen-bond acceptors (Lipinski definition) is 5. The summed E-state index contributed by atoms with van der Waals surface area (Å²) in [6.07, 6.45) is 8.60. The Morgan fingerprint density at radius 1 is 0.907 bits per heavy atom. The van der Waals surface area contributed by atoms with E-state index in [1.807, 2.05) is 0 Å². The Hall–Kier alpha value is -6.33. The van der Waals surface area contributed by atoms with Crippen molar-refractivity contribution in [1.29, 1.82) is 0 Å². The van der Waals surface area contributed by atoms with Gasteiger partial charge in [-0.25, -0.2) is 0 Å². The lowest BCUT2D eigenvalue weighted by Crippen LogP contribution is -2.35. The largest absolute Gasteiger partial charge is 0.484 e. The highest BCUT2D eigenvalue weighted by Crippen LogP contribution is 2.29. The maximum atomic E-state index is 13.0. The standard InChI is InChI=1S/C37H25NO5/c1-4-7-9-10-11-12-13-14-15-16-17-18-19-20-21-22-26-38(29-31(6-3)23-8-5-2)36(40)30-42-32-24-25-33-34(39)28-37(41)43-35(33)27-32/h1,24-25,27,31H,5-6,8,23,28-30H2,2-3H3. The van der Waals surface area contributed by atoms with Crippen LogP contribution in [0.3, 0.4) is 0 Å². The number of ether oxygens (including phenoxy) is 2. The Bertz CT molecular complexity index is 1800. The number of carbonyl (C=O) groups is 3. The van der Waals surface area contributed by atoms with Gasteiger partial charge in [0, 0.05) is 66.0 Å². The SMILES string of the molecule is C#CC#CC#CC#CC#CC#CC#CC#CC#CN(CC(CC)CCCC)C(=O)COc1ccc2c(c1)OC(=O)CC2=O. The van der Waals surface area contributed by atoms with Gasteiger partial charge in [0.25, 0.3) is 5.91 Å². The summed E-state index contributed by atoms with van der Waals surface area (Å²) in [5.41, 5.74) is 0.298. The minimum Gasteiger partial charge on any atom is -0.484 e. The molecular formula is C37H25NO5. The van der Waals surface area contributed by atoms with Crippen LogP contribution in [0.4, 0.5) is 0 Å². The molecule has 43 heavy (non-hydrogen) atoms. The van der Waals surface area contributed by atoms with Gasteiger partial charge >= 0.3 is 5.97 Å². The molecule has 0 aliphatic carbocycles. The molecule has 1 aliphatic heterocycles. The molecule has 1 atom stereocenters. The van der Waals surface area contributed by atoms with E-state index in [9.17, 15) is 14.4 Å². The molecule has 0 saturated carbocycles. The quantitative estimate of drug-likeness (QED) is 0.152. The molecule has 0 bridgehead atoms. The zero-order chi connectivity index (χ0) is 31.1. The zero-order valence-corrected chi connectivity index (χ0v) is 23.8. The Morgan fingerprint density at radius 3 is 2.05 bits per heavy atom. The van der Waals surface area contributed by atoms with Crippen LogP contribution in [0.2, 0.25) is 0 Å². The van der Waals surface area contributed by atoms with Gasteiger partial charge in [0.1, 0.15) is 17.9 Å². The Labute approximate surface area is 253 Å². The molecule has 0 saturated heterocycles. The number of esters is 1. The first-order valence-corrected chi connectivity index (χ1v) is 13.3. The number of unbranched alkanes of at least 4 members (excludes halogenated alkanes) is 1. The van der Waals surface area contributed by atoms with E-state index in [2.05, 4.69) is 115 Å². The number of Topliss-reactive ketones (excluding diaryl/α,β-unsaturated/α-hetero) is 1. The molecule has 1 aromatic rings. The van der Waals surface area contributed by atoms with Crippen molar-refractivity contribution < 1.29 is 23.9 Å². The summed E-state index contributed by atoms with van der Waals surface area (Å²) in [4.78, 5) is 38.0. The normalized spacial score (nSPS) is 10.3. The van der Waals surface area contributed by atoms with Gasteiger partial charge in [0.05, 0.1) is 5.56 Å². The van der Waals surface area contributed by atoms with Crippen molar-refractivity contribution in [2.45, 2.75) is 46.0 Å². The first-order valence-electron chi connectivity index (χ1n) is 13.3. The predicted octanol–water partition coefficient (Wildman–Crippen LogP) is 3.22. The second-order valence-electron chi connectivity index (χ2n) is 8.57. The van der Waals surface area contributed by atoms with E-state index in [0.717, 1.165) is 25.7 Å². The number of rotatable bonds is 9. The minimum absolute atomic E-state index is 0.115. The fourth-order valence-corrected chi connectivity index (χ4v) is 3.44. The number of nitrogens with zero attached hydrogens (tertiary/aromatic N) is 1. The highest BCUT2D eigenvalue weighted by Gasteiger charge is 2.25. The van der Waals surface area contributed by atoms with Crippen molar-refractivity contribution in [3.05, 3.63) is 23.8 Å². The van der Waals surface area contributed by atoms with Gasteiger partial charge in [0.2, 0.25) is 0 Å². The van der Waals surface area contributed by atoms with E-state index in [-0.39, 0.29) is 42.1 Å². The van der Waals surface area contributed by atoms with Crippen LogP contribution >= 0.6 is 0 Å². The lowest BCUT2D eigenvalue weighted by Gasteiger charge is -2.22. The smallest absolute Gasteiger partial charge is 0.319 e. The summed E-state index contributed by atoms with van der Waals surface area (Å²) < 4.78 is 10.8. The molecule has 0 N–H and O–H groups in total. The van der Waals surface area contributed by atoms with E-state index in [1.54, 1.807) is 6.07 Å². The monoisotopic (exact) mass is 563 g/mol. The molecule has 2 rings (SSSR count). The lowest BCUT2D eigenvalue weighted by atomic mass is 9.99. The highest BCUT2D eigenvalue weighted by molar-refractivity contribution is 6.11. The Morgan fingerprint density at radius 2 is 1.49 bits per heavy atom. The zero-order valence-electron chi connectivity index (χ0n) is 23.8. The first-order chi connectivity index (χ1) is 21.0. The van der Waals surface area contributed by atoms with Crippen molar-refractivity contribution in [3.8, 4) is 119 Å². The Kier molecular flexibility index (Phi) is 15.1. The fraction of sp³-hybridized carbons (Fsp3) is 0.270. The highest BCUT2D eigenvalue weighted by atomic mass is 16.5. The second-order valence-corrected chi connectivity index (χ2v) is 8.57. The summed E-state index contributed by atoms with van der Waals surface area (Å²) in [6.45, 7) is 4.31. The molecule has 1 heterocycles. The Balaban J connectivity index is 2.05. The first kappa shape index (κ1) is 32.9. The summed E-state index contributed by atoms with van der Waals surface area (Å²) in [7, 11) is 0. The average Bonchev–Trinajstić information content (AvgIpc) is 3.00. The van der Waals surface area contributed by atoms with Gasteiger partial charge in [-0.05, 0) is 71.8 Å². The summed E-state index contributed by atoms with van der Waals surface area (Å²) in [5, 5.41) is 0. The van der Waals surface area contributed by atoms with E-state index in [4.69, 9.17) is 15.9 Å². The van der Waals surface area contributed by atoms with Gasteiger partial charge in [0.15, 0.2) is 12.4 Å². The van der Waals surface area contributed by atoms with Crippen LogP contribution < -0.4 is 9.47 Å². The molecule has 0 aromatic heterocycles. The molecule has 0 spiro atoms. The van der Waals surface area contributed by atoms with Crippen LogP contribution in [0.25, 0.3) is 0 Å². The van der Waals surface area contributed by atoms with Crippen molar-refractivity contribution in [1.82, 2.24) is 4.90 Å². The molecule has 0 fully saturated rings. The van der Waals surface area contributed by atoms with Crippen molar-refractivity contribution >= 4 is 17.7 Å². The molecule has 6 nitrogen and oxygen atoms in total. The van der Waals surface area contributed by atoms with Crippen LogP contribution in [0.1, 0.15) is 56.3 Å². The van der Waals surface area contributed by atoms with Gasteiger partial charge in [-0.1, -0.05) is 33.1 Å². The fourth-order valence-electron chi connectivity index (χ4n) is 3.44. The summed E-state index contributed by atoms with van der Waals surface area (Å²) in [6, 6.07) is 7.28. The molecular weight excluding hydrogens is 538 g/mol. The average molecular weight is 564 g/mol. The van der Waals surface area contributed by atoms with Crippen LogP contribution in [0.15, 0.2) is 18.2 Å². The molecule has 6 heteroatoms. The number of hydrogen-bond donors (Lipinski definition) is 0. The van der Waals surface area contributed by atoms with E-state index < -0.39 is 5.97 Å². The maximum absolute atomic E-state index is 13.0. The van der Waals surface area contributed by atoms with Crippen LogP contribution in [-0.4, -0.2) is 35.7 Å². The summed E-state index contributed by atoms with van der Waals surface area (Å²) in [5.74, 6) is 39.0. The molecule has 208 valence electrons. The van der Waals surface area contributed by atoms with Gasteiger partial charge < -0.3 is 9.47 Å². The predicted molar refractivity (Wildman–Crippen MR) is 163 cm³/mol. The summed E-state index contributed by atoms with van der Waals surface area (Å²) >= 11 is 0. The number of terminal acetylenes is 1. The molecule has 0 radical (unpaired) electrons. The minimum atomic E-state index is -0.632. The molecule has 1 aliphatic rings. The number of ketones is 1. The van der Waals surface area contributed by atoms with Crippen LogP contribution in [0, 0.1) is 113 Å². The van der Waals surface area contributed by atoms with E-state index in [0.29, 0.717) is 12.1 Å². The number of benzene rings is 1. The van der Waals surface area contributed by atoms with Crippen molar-refractivity contribution in [2.75, 3.05) is 13.2 Å². The number of amides is 1. The molecule has 1 unspecified atom stereocenters. The third-order valence-electron chi connectivity index (χ3n) is 5.57. The van der Waals surface area contributed by atoms with Crippen LogP contribution in [-0.2, 0) is 9.59 Å². The van der Waals surface area contributed by atoms with Crippen LogP contribution in [0.5, 0.6) is 11.5 Å². The topological polar surface area (TPSA) is 72.9 Å². The van der Waals surface area contributed by atoms with Gasteiger partial charge in [-0.3, -0.25) is 19.3 Å². The van der Waals surface area contributed by atoms with E-state index in [1.165, 1.54) is 17.0 Å². The van der Waals surface area contributed by atoms with Crippen molar-refractivity contribution in [3.63, 3.8) is 0 Å².